The van der Waals surface area contributed by atoms with Crippen LogP contribution in [0.4, 0.5) is 10.5 Å². The number of benzene rings is 3. The van der Waals surface area contributed by atoms with Crippen molar-refractivity contribution in [1.82, 2.24) is 9.80 Å². The quantitative estimate of drug-likeness (QED) is 0.419. The number of imide groups is 1. The molecule has 0 saturated heterocycles. The van der Waals surface area contributed by atoms with E-state index in [0.717, 1.165) is 17.3 Å². The van der Waals surface area contributed by atoms with Crippen molar-refractivity contribution < 1.29 is 19.2 Å². The number of carbonyl (C=O) groups excluding carboxylic acids is 4. The van der Waals surface area contributed by atoms with Gasteiger partial charge in [0, 0.05) is 31.1 Å². The Morgan fingerprint density at radius 1 is 0.882 bits per heavy atom. The zero-order valence-corrected chi connectivity index (χ0v) is 19.6. The van der Waals surface area contributed by atoms with Crippen LogP contribution in [-0.2, 0) is 6.42 Å². The molecule has 1 heterocycles. The van der Waals surface area contributed by atoms with Gasteiger partial charge in [0.15, 0.2) is 0 Å². The van der Waals surface area contributed by atoms with Crippen molar-refractivity contribution in [2.45, 2.75) is 11.3 Å². The highest BCUT2D eigenvalue weighted by atomic mass is 32.2. The van der Waals surface area contributed by atoms with E-state index >= 15 is 0 Å². The first kappa shape index (κ1) is 23.3. The second kappa shape index (κ2) is 9.93. The van der Waals surface area contributed by atoms with Gasteiger partial charge in [-0.05, 0) is 54.1 Å². The average molecular weight is 474 g/mol. The van der Waals surface area contributed by atoms with Gasteiger partial charge in [-0.25, -0.2) is 0 Å². The van der Waals surface area contributed by atoms with Crippen molar-refractivity contribution in [3.05, 3.63) is 95.1 Å². The monoisotopic (exact) mass is 473 g/mol. The lowest BCUT2D eigenvalue weighted by atomic mass is 10.1. The van der Waals surface area contributed by atoms with Crippen molar-refractivity contribution in [3.63, 3.8) is 0 Å². The van der Waals surface area contributed by atoms with Crippen LogP contribution in [0.5, 0.6) is 0 Å². The first-order chi connectivity index (χ1) is 16.3. The smallest absolute Gasteiger partial charge is 0.286 e. The van der Waals surface area contributed by atoms with Crippen LogP contribution >= 0.6 is 11.8 Å². The Balaban J connectivity index is 1.50. The summed E-state index contributed by atoms with van der Waals surface area (Å²) in [5.74, 6) is -1.19. The summed E-state index contributed by atoms with van der Waals surface area (Å²) < 4.78 is 0. The third-order valence-corrected chi connectivity index (χ3v) is 6.51. The standard InChI is InChI=1S/C26H23N3O4S/c1-28(2)26(33)34-22-11-7-6-10-21(22)27-23(30)18-12-13-19-20(16-18)25(32)29(24(19)31)15-14-17-8-4-3-5-9-17/h3-13,16H,14-15H2,1-2H3,(H,27,30). The number of para-hydroxylation sites is 1. The van der Waals surface area contributed by atoms with Gasteiger partial charge in [-0.15, -0.1) is 0 Å². The molecule has 0 aliphatic carbocycles. The molecule has 0 aromatic heterocycles. The summed E-state index contributed by atoms with van der Waals surface area (Å²) in [5.41, 5.74) is 2.28. The summed E-state index contributed by atoms with van der Waals surface area (Å²) in [6.45, 7) is 0.266. The van der Waals surface area contributed by atoms with E-state index < -0.39 is 11.8 Å². The van der Waals surface area contributed by atoms with Crippen LogP contribution in [0.2, 0.25) is 0 Å². The van der Waals surface area contributed by atoms with Crippen LogP contribution in [0.1, 0.15) is 36.6 Å². The Morgan fingerprint density at radius 2 is 1.56 bits per heavy atom. The molecule has 0 atom stereocenters. The number of carbonyl (C=O) groups is 4. The van der Waals surface area contributed by atoms with Crippen molar-refractivity contribution in [1.29, 1.82) is 0 Å². The maximum atomic E-state index is 12.9. The molecule has 3 aromatic carbocycles. The molecule has 172 valence electrons. The minimum absolute atomic E-state index is 0.168. The van der Waals surface area contributed by atoms with Crippen LogP contribution < -0.4 is 5.32 Å². The van der Waals surface area contributed by atoms with Crippen LogP contribution in [0.3, 0.4) is 0 Å². The molecule has 0 spiro atoms. The van der Waals surface area contributed by atoms with E-state index in [1.54, 1.807) is 38.4 Å². The first-order valence-electron chi connectivity index (χ1n) is 10.7. The largest absolute Gasteiger partial charge is 0.339 e. The number of anilines is 1. The van der Waals surface area contributed by atoms with Gasteiger partial charge in [-0.1, -0.05) is 42.5 Å². The van der Waals surface area contributed by atoms with E-state index in [1.807, 2.05) is 30.3 Å². The van der Waals surface area contributed by atoms with Crippen LogP contribution in [0, 0.1) is 0 Å². The zero-order chi connectivity index (χ0) is 24.2. The number of nitrogens with zero attached hydrogens (tertiary/aromatic N) is 2. The van der Waals surface area contributed by atoms with Crippen molar-refractivity contribution in [2.75, 3.05) is 26.0 Å². The molecule has 0 saturated carbocycles. The summed E-state index contributed by atoms with van der Waals surface area (Å²) >= 11 is 1.01. The Bertz CT molecular complexity index is 1270. The first-order valence-corrected chi connectivity index (χ1v) is 11.5. The second-order valence-electron chi connectivity index (χ2n) is 7.97. The second-order valence-corrected chi connectivity index (χ2v) is 8.96. The number of hydrogen-bond donors (Lipinski definition) is 1. The van der Waals surface area contributed by atoms with Crippen molar-refractivity contribution in [2.24, 2.45) is 0 Å². The van der Waals surface area contributed by atoms with Crippen molar-refractivity contribution >= 4 is 40.4 Å². The molecule has 3 aromatic rings. The van der Waals surface area contributed by atoms with E-state index in [4.69, 9.17) is 0 Å². The van der Waals surface area contributed by atoms with Crippen LogP contribution in [-0.4, -0.2) is 53.4 Å². The minimum Gasteiger partial charge on any atom is -0.339 e. The molecule has 4 rings (SSSR count). The lowest BCUT2D eigenvalue weighted by molar-refractivity contribution is 0.0656. The summed E-state index contributed by atoms with van der Waals surface area (Å²) in [5, 5.41) is 2.64. The molecule has 1 aliphatic rings. The predicted molar refractivity (Wildman–Crippen MR) is 131 cm³/mol. The van der Waals surface area contributed by atoms with Gasteiger partial charge in [-0.2, -0.15) is 0 Å². The Kier molecular flexibility index (Phi) is 6.79. The summed E-state index contributed by atoms with van der Waals surface area (Å²) in [6, 6.07) is 21.1. The summed E-state index contributed by atoms with van der Waals surface area (Å²) in [4.78, 5) is 54.0. The Morgan fingerprint density at radius 3 is 2.29 bits per heavy atom. The molecule has 34 heavy (non-hydrogen) atoms. The fourth-order valence-electron chi connectivity index (χ4n) is 3.56. The lowest BCUT2D eigenvalue weighted by Crippen LogP contribution is -2.31. The predicted octanol–water partition coefficient (Wildman–Crippen LogP) is 4.55. The third kappa shape index (κ3) is 4.87. The Hall–Kier alpha value is -3.91. The SMILES string of the molecule is CN(C)C(=O)Sc1ccccc1NC(=O)c1ccc2c(c1)C(=O)N(CCc1ccccc1)C2=O. The molecule has 1 N–H and O–H groups in total. The summed E-state index contributed by atoms with van der Waals surface area (Å²) in [7, 11) is 3.31. The molecule has 4 amide bonds. The topological polar surface area (TPSA) is 86.8 Å². The molecule has 7 nitrogen and oxygen atoms in total. The van der Waals surface area contributed by atoms with Gasteiger partial charge in [0.25, 0.3) is 23.0 Å². The van der Waals surface area contributed by atoms with E-state index in [9.17, 15) is 19.2 Å². The van der Waals surface area contributed by atoms with E-state index in [0.29, 0.717) is 22.6 Å². The lowest BCUT2D eigenvalue weighted by Gasteiger charge is -2.13. The molecule has 0 unspecified atom stereocenters. The van der Waals surface area contributed by atoms with Gasteiger partial charge in [0.1, 0.15) is 0 Å². The number of hydrogen-bond acceptors (Lipinski definition) is 5. The maximum absolute atomic E-state index is 12.9. The van der Waals surface area contributed by atoms with Crippen LogP contribution in [0.15, 0.2) is 77.7 Å². The third-order valence-electron chi connectivity index (χ3n) is 5.40. The number of nitrogens with one attached hydrogen (secondary N) is 1. The van der Waals surface area contributed by atoms with Gasteiger partial charge < -0.3 is 10.2 Å². The van der Waals surface area contributed by atoms with E-state index in [1.165, 1.54) is 28.0 Å². The number of fused-ring (bicyclic) bond motifs is 1. The summed E-state index contributed by atoms with van der Waals surface area (Å²) in [6.07, 6.45) is 0.555. The minimum atomic E-state index is -0.434. The van der Waals surface area contributed by atoms with Crippen LogP contribution in [0.25, 0.3) is 0 Å². The maximum Gasteiger partial charge on any atom is 0.286 e. The number of thioether (sulfide) groups is 1. The average Bonchev–Trinajstić information content (AvgIpc) is 3.08. The van der Waals surface area contributed by atoms with Crippen molar-refractivity contribution in [3.8, 4) is 0 Å². The van der Waals surface area contributed by atoms with Gasteiger partial charge >= 0.3 is 0 Å². The normalized spacial score (nSPS) is 12.5. The molecule has 8 heteroatoms. The number of amides is 4. The molecule has 1 aliphatic heterocycles. The van der Waals surface area contributed by atoms with Gasteiger partial charge in [0.2, 0.25) is 0 Å². The van der Waals surface area contributed by atoms with Gasteiger partial charge in [0.05, 0.1) is 16.8 Å². The molecular formula is C26H23N3O4S. The fourth-order valence-corrected chi connectivity index (χ4v) is 4.31. The molecule has 0 bridgehead atoms. The zero-order valence-electron chi connectivity index (χ0n) is 18.8. The highest BCUT2D eigenvalue weighted by Gasteiger charge is 2.35. The highest BCUT2D eigenvalue weighted by molar-refractivity contribution is 8.13. The Labute approximate surface area is 201 Å². The molecule has 0 radical (unpaired) electrons. The highest BCUT2D eigenvalue weighted by Crippen LogP contribution is 2.30. The fraction of sp³-hybridized carbons (Fsp3) is 0.154. The van der Waals surface area contributed by atoms with E-state index in [-0.39, 0.29) is 28.8 Å². The van der Waals surface area contributed by atoms with E-state index in [2.05, 4.69) is 5.32 Å². The number of rotatable bonds is 6. The molecular weight excluding hydrogens is 450 g/mol. The molecule has 0 fully saturated rings. The van der Waals surface area contributed by atoms with Gasteiger partial charge in [-0.3, -0.25) is 24.1 Å².